The minimum Gasteiger partial charge on any atom is -0.462 e. The Labute approximate surface area is 149 Å². The monoisotopic (exact) mass is 339 g/mol. The van der Waals surface area contributed by atoms with E-state index in [0.717, 1.165) is 16.8 Å². The Balaban J connectivity index is 1.95. The van der Waals surface area contributed by atoms with Gasteiger partial charge in [0.05, 0.1) is 12.2 Å². The number of nitrogens with one attached hydrogen (secondary N) is 1. The van der Waals surface area contributed by atoms with Gasteiger partial charge in [-0.1, -0.05) is 18.2 Å². The highest BCUT2D eigenvalue weighted by molar-refractivity contribution is 5.94. The van der Waals surface area contributed by atoms with E-state index in [4.69, 9.17) is 4.74 Å². The van der Waals surface area contributed by atoms with Crippen molar-refractivity contribution in [1.82, 2.24) is 0 Å². The van der Waals surface area contributed by atoms with Crippen LogP contribution in [0.4, 0.5) is 5.69 Å². The first-order valence-electron chi connectivity index (χ1n) is 8.54. The van der Waals surface area contributed by atoms with Crippen molar-refractivity contribution in [3.05, 3.63) is 64.2 Å². The summed E-state index contributed by atoms with van der Waals surface area (Å²) in [6.07, 6.45) is 1.12. The van der Waals surface area contributed by atoms with Gasteiger partial charge in [-0.3, -0.25) is 4.79 Å². The zero-order valence-corrected chi connectivity index (χ0v) is 15.3. The smallest absolute Gasteiger partial charge is 0.338 e. The van der Waals surface area contributed by atoms with Crippen molar-refractivity contribution in [2.75, 3.05) is 11.9 Å². The van der Waals surface area contributed by atoms with E-state index in [-0.39, 0.29) is 11.9 Å². The third-order valence-corrected chi connectivity index (χ3v) is 4.22. The third kappa shape index (κ3) is 5.18. The van der Waals surface area contributed by atoms with E-state index in [9.17, 15) is 9.59 Å². The van der Waals surface area contributed by atoms with Gasteiger partial charge < -0.3 is 10.1 Å². The van der Waals surface area contributed by atoms with E-state index in [0.29, 0.717) is 25.0 Å². The molecule has 132 valence electrons. The highest BCUT2D eigenvalue weighted by Gasteiger charge is 2.10. The maximum Gasteiger partial charge on any atom is 0.338 e. The molecule has 2 aromatic rings. The number of hydrogen-bond acceptors (Lipinski definition) is 3. The number of benzene rings is 2. The van der Waals surface area contributed by atoms with Crippen LogP contribution < -0.4 is 5.32 Å². The summed E-state index contributed by atoms with van der Waals surface area (Å²) in [5, 5.41) is 2.91. The third-order valence-electron chi connectivity index (χ3n) is 4.22. The molecule has 0 spiro atoms. The lowest BCUT2D eigenvalue weighted by Gasteiger charge is -2.10. The largest absolute Gasteiger partial charge is 0.462 e. The van der Waals surface area contributed by atoms with Gasteiger partial charge in [0.25, 0.3) is 0 Å². The Kier molecular flexibility index (Phi) is 6.34. The van der Waals surface area contributed by atoms with E-state index >= 15 is 0 Å². The number of ether oxygens (including phenoxy) is 1. The molecule has 0 aliphatic carbocycles. The van der Waals surface area contributed by atoms with Crippen LogP contribution in [0.5, 0.6) is 0 Å². The van der Waals surface area contributed by atoms with Crippen LogP contribution in [0, 0.1) is 20.8 Å². The van der Waals surface area contributed by atoms with E-state index in [2.05, 4.69) is 37.4 Å². The van der Waals surface area contributed by atoms with Crippen LogP contribution in [0.3, 0.4) is 0 Å². The van der Waals surface area contributed by atoms with Crippen LogP contribution in [-0.2, 0) is 16.0 Å². The molecule has 2 rings (SSSR count). The van der Waals surface area contributed by atoms with Crippen LogP contribution in [0.2, 0.25) is 0 Å². The SMILES string of the molecule is CCOC(=O)c1ccc(NC(=O)CCc2ccc(C)c(C)c2)c(C)c1. The molecule has 0 heterocycles. The lowest BCUT2D eigenvalue weighted by atomic mass is 10.0. The Morgan fingerprint density at radius 1 is 0.960 bits per heavy atom. The number of carbonyl (C=O) groups excluding carboxylic acids is 2. The van der Waals surface area contributed by atoms with Crippen molar-refractivity contribution in [2.45, 2.75) is 40.5 Å². The summed E-state index contributed by atoms with van der Waals surface area (Å²) in [5.74, 6) is -0.386. The summed E-state index contributed by atoms with van der Waals surface area (Å²) in [7, 11) is 0. The highest BCUT2D eigenvalue weighted by Crippen LogP contribution is 2.18. The van der Waals surface area contributed by atoms with Gasteiger partial charge in [-0.05, 0) is 74.6 Å². The lowest BCUT2D eigenvalue weighted by molar-refractivity contribution is -0.116. The van der Waals surface area contributed by atoms with Crippen LogP contribution >= 0.6 is 0 Å². The zero-order valence-electron chi connectivity index (χ0n) is 15.3. The first-order chi connectivity index (χ1) is 11.9. The van der Waals surface area contributed by atoms with Gasteiger partial charge in [0.15, 0.2) is 0 Å². The van der Waals surface area contributed by atoms with Gasteiger partial charge in [-0.25, -0.2) is 4.79 Å². The van der Waals surface area contributed by atoms with Crippen molar-refractivity contribution in [3.63, 3.8) is 0 Å². The van der Waals surface area contributed by atoms with E-state index in [1.54, 1.807) is 25.1 Å². The zero-order chi connectivity index (χ0) is 18.4. The van der Waals surface area contributed by atoms with E-state index in [1.165, 1.54) is 11.1 Å². The van der Waals surface area contributed by atoms with Crippen molar-refractivity contribution in [2.24, 2.45) is 0 Å². The number of hydrogen-bond donors (Lipinski definition) is 1. The minimum absolute atomic E-state index is 0.0368. The molecule has 1 N–H and O–H groups in total. The maximum absolute atomic E-state index is 12.2. The molecule has 0 fully saturated rings. The predicted octanol–water partition coefficient (Wildman–Crippen LogP) is 4.36. The van der Waals surface area contributed by atoms with Crippen molar-refractivity contribution in [3.8, 4) is 0 Å². The molecular formula is C21H25NO3. The molecule has 0 aliphatic heterocycles. The summed E-state index contributed by atoms with van der Waals surface area (Å²) in [6, 6.07) is 11.4. The molecule has 0 unspecified atom stereocenters. The van der Waals surface area contributed by atoms with Gasteiger partial charge in [0, 0.05) is 12.1 Å². The fourth-order valence-corrected chi connectivity index (χ4v) is 2.57. The summed E-state index contributed by atoms with van der Waals surface area (Å²) < 4.78 is 4.98. The van der Waals surface area contributed by atoms with Crippen LogP contribution in [0.15, 0.2) is 36.4 Å². The average molecular weight is 339 g/mol. The van der Waals surface area contributed by atoms with Gasteiger partial charge in [-0.2, -0.15) is 0 Å². The Morgan fingerprint density at radius 2 is 1.72 bits per heavy atom. The number of aryl methyl sites for hydroxylation is 4. The topological polar surface area (TPSA) is 55.4 Å². The Bertz CT molecular complexity index is 781. The molecule has 0 bridgehead atoms. The van der Waals surface area contributed by atoms with Crippen molar-refractivity contribution >= 4 is 17.6 Å². The quantitative estimate of drug-likeness (QED) is 0.796. The summed E-state index contributed by atoms with van der Waals surface area (Å²) in [4.78, 5) is 23.9. The number of amides is 1. The van der Waals surface area contributed by atoms with Crippen LogP contribution in [0.25, 0.3) is 0 Å². The standard InChI is InChI=1S/C21H25NO3/c1-5-25-21(24)18-9-10-19(16(4)13-18)22-20(23)11-8-17-7-6-14(2)15(3)12-17/h6-7,9-10,12-13H,5,8,11H2,1-4H3,(H,22,23). The minimum atomic E-state index is -0.349. The number of rotatable bonds is 6. The van der Waals surface area contributed by atoms with Gasteiger partial charge >= 0.3 is 5.97 Å². The molecule has 0 saturated heterocycles. The molecule has 25 heavy (non-hydrogen) atoms. The lowest BCUT2D eigenvalue weighted by Crippen LogP contribution is -2.14. The fraction of sp³-hybridized carbons (Fsp3) is 0.333. The molecule has 4 heteroatoms. The molecule has 0 aromatic heterocycles. The molecule has 0 saturated carbocycles. The second-order valence-electron chi connectivity index (χ2n) is 6.22. The Morgan fingerprint density at radius 3 is 2.36 bits per heavy atom. The summed E-state index contributed by atoms with van der Waals surface area (Å²) in [6.45, 7) is 8.13. The number of carbonyl (C=O) groups is 2. The maximum atomic E-state index is 12.2. The van der Waals surface area contributed by atoms with Gasteiger partial charge in [0.1, 0.15) is 0 Å². The van der Waals surface area contributed by atoms with Gasteiger partial charge in [-0.15, -0.1) is 0 Å². The molecule has 0 radical (unpaired) electrons. The molecule has 0 aliphatic rings. The van der Waals surface area contributed by atoms with Crippen LogP contribution in [-0.4, -0.2) is 18.5 Å². The number of esters is 1. The molecular weight excluding hydrogens is 314 g/mol. The first-order valence-corrected chi connectivity index (χ1v) is 8.54. The molecule has 1 amide bonds. The highest BCUT2D eigenvalue weighted by atomic mass is 16.5. The normalized spacial score (nSPS) is 10.4. The second-order valence-corrected chi connectivity index (χ2v) is 6.22. The second kappa shape index (κ2) is 8.47. The van der Waals surface area contributed by atoms with Crippen LogP contribution in [0.1, 0.15) is 46.0 Å². The van der Waals surface area contributed by atoms with E-state index in [1.807, 2.05) is 6.92 Å². The van der Waals surface area contributed by atoms with Crippen molar-refractivity contribution in [1.29, 1.82) is 0 Å². The average Bonchev–Trinajstić information content (AvgIpc) is 2.58. The molecule has 0 atom stereocenters. The Hall–Kier alpha value is -2.62. The van der Waals surface area contributed by atoms with Crippen molar-refractivity contribution < 1.29 is 14.3 Å². The summed E-state index contributed by atoms with van der Waals surface area (Å²) in [5.41, 5.74) is 5.71. The number of anilines is 1. The van der Waals surface area contributed by atoms with E-state index < -0.39 is 0 Å². The van der Waals surface area contributed by atoms with Gasteiger partial charge in [0.2, 0.25) is 5.91 Å². The molecule has 4 nitrogen and oxygen atoms in total. The predicted molar refractivity (Wildman–Crippen MR) is 100 cm³/mol. The first kappa shape index (κ1) is 18.7. The molecule has 2 aromatic carbocycles. The summed E-state index contributed by atoms with van der Waals surface area (Å²) >= 11 is 0. The fourth-order valence-electron chi connectivity index (χ4n) is 2.57.